The molecular weight excluding hydrogens is 296 g/mol. The van der Waals surface area contributed by atoms with Crippen LogP contribution in [-0.2, 0) is 0 Å². The van der Waals surface area contributed by atoms with E-state index in [-0.39, 0.29) is 6.10 Å². The minimum Gasteiger partial charge on any atom is -0.490 e. The van der Waals surface area contributed by atoms with Crippen LogP contribution in [0.1, 0.15) is 20.8 Å². The molecule has 0 amide bonds. The van der Waals surface area contributed by atoms with Gasteiger partial charge in [-0.05, 0) is 44.2 Å². The molecule has 0 atom stereocenters. The third kappa shape index (κ3) is 3.90. The van der Waals surface area contributed by atoms with Crippen molar-refractivity contribution in [1.82, 2.24) is 4.90 Å². The zero-order chi connectivity index (χ0) is 16.9. The summed E-state index contributed by atoms with van der Waals surface area (Å²) in [6, 6.07) is 17.1. The molecule has 24 heavy (non-hydrogen) atoms. The summed E-state index contributed by atoms with van der Waals surface area (Å²) in [6.07, 6.45) is 0.173. The summed E-state index contributed by atoms with van der Waals surface area (Å²) in [6.45, 7) is 12.0. The minimum atomic E-state index is 0.173. The maximum Gasteiger partial charge on any atom is 0.127 e. The predicted octanol–water partition coefficient (Wildman–Crippen LogP) is 4.28. The molecule has 3 nitrogen and oxygen atoms in total. The number of ether oxygens (including phenoxy) is 1. The summed E-state index contributed by atoms with van der Waals surface area (Å²) >= 11 is 0. The van der Waals surface area contributed by atoms with Crippen LogP contribution in [0.3, 0.4) is 0 Å². The molecule has 3 heteroatoms. The van der Waals surface area contributed by atoms with Gasteiger partial charge >= 0.3 is 0 Å². The molecule has 2 aromatic carbocycles. The van der Waals surface area contributed by atoms with E-state index in [1.165, 1.54) is 16.8 Å². The van der Waals surface area contributed by atoms with Crippen molar-refractivity contribution in [3.8, 4) is 16.9 Å². The van der Waals surface area contributed by atoms with Crippen LogP contribution in [0.5, 0.6) is 5.75 Å². The molecule has 128 valence electrons. The van der Waals surface area contributed by atoms with E-state index in [4.69, 9.17) is 4.74 Å². The summed E-state index contributed by atoms with van der Waals surface area (Å²) < 4.78 is 6.05. The Bertz CT molecular complexity index is 646. The lowest BCUT2D eigenvalue weighted by Gasteiger charge is -2.35. The number of rotatable bonds is 5. The van der Waals surface area contributed by atoms with Gasteiger partial charge in [-0.1, -0.05) is 37.3 Å². The highest BCUT2D eigenvalue weighted by Crippen LogP contribution is 2.34. The van der Waals surface area contributed by atoms with Crippen molar-refractivity contribution >= 4 is 5.69 Å². The molecule has 0 N–H and O–H groups in total. The lowest BCUT2D eigenvalue weighted by atomic mass is 10.0. The number of hydrogen-bond donors (Lipinski definition) is 0. The lowest BCUT2D eigenvalue weighted by molar-refractivity contribution is 0.243. The number of nitrogens with zero attached hydrogens (tertiary/aromatic N) is 2. The van der Waals surface area contributed by atoms with Gasteiger partial charge in [-0.25, -0.2) is 0 Å². The first-order chi connectivity index (χ1) is 11.7. The Balaban J connectivity index is 1.90. The number of benzene rings is 2. The van der Waals surface area contributed by atoms with Gasteiger partial charge < -0.3 is 14.5 Å². The van der Waals surface area contributed by atoms with E-state index in [1.54, 1.807) is 0 Å². The number of anilines is 1. The van der Waals surface area contributed by atoms with Gasteiger partial charge in [0.1, 0.15) is 5.75 Å². The van der Waals surface area contributed by atoms with Crippen molar-refractivity contribution in [1.29, 1.82) is 0 Å². The van der Waals surface area contributed by atoms with Crippen molar-refractivity contribution in [3.05, 3.63) is 48.5 Å². The molecule has 0 radical (unpaired) electrons. The summed E-state index contributed by atoms with van der Waals surface area (Å²) in [7, 11) is 0. The van der Waals surface area contributed by atoms with Crippen LogP contribution < -0.4 is 9.64 Å². The summed E-state index contributed by atoms with van der Waals surface area (Å²) in [4.78, 5) is 4.99. The van der Waals surface area contributed by atoms with Gasteiger partial charge in [0.05, 0.1) is 6.10 Å². The first-order valence-electron chi connectivity index (χ1n) is 9.01. The molecule has 2 aromatic rings. The fourth-order valence-corrected chi connectivity index (χ4v) is 3.24. The number of piperazine rings is 1. The Morgan fingerprint density at radius 3 is 2.29 bits per heavy atom. The lowest BCUT2D eigenvalue weighted by Crippen LogP contribution is -2.46. The average Bonchev–Trinajstić information content (AvgIpc) is 2.62. The molecule has 3 rings (SSSR count). The quantitative estimate of drug-likeness (QED) is 0.816. The summed E-state index contributed by atoms with van der Waals surface area (Å²) in [5, 5.41) is 0. The van der Waals surface area contributed by atoms with E-state index in [9.17, 15) is 0 Å². The molecule has 1 saturated heterocycles. The standard InChI is InChI=1S/C21H28N2O/c1-4-22-12-14-23(15-13-22)19-10-11-21(24-17(2)3)20(16-19)18-8-6-5-7-9-18/h5-11,16-17H,4,12-15H2,1-3H3. The molecule has 1 aliphatic rings. The van der Waals surface area contributed by atoms with Crippen molar-refractivity contribution in [3.63, 3.8) is 0 Å². The van der Waals surface area contributed by atoms with Gasteiger partial charge in [0.2, 0.25) is 0 Å². The number of likely N-dealkylation sites (N-methyl/N-ethyl adjacent to an activating group) is 1. The molecule has 0 bridgehead atoms. The molecule has 0 saturated carbocycles. The fourth-order valence-electron chi connectivity index (χ4n) is 3.24. The van der Waals surface area contributed by atoms with Crippen LogP contribution >= 0.6 is 0 Å². The van der Waals surface area contributed by atoms with E-state index in [0.29, 0.717) is 0 Å². The van der Waals surface area contributed by atoms with Crippen molar-refractivity contribution in [2.45, 2.75) is 26.9 Å². The molecular formula is C21H28N2O. The monoisotopic (exact) mass is 324 g/mol. The Morgan fingerprint density at radius 2 is 1.67 bits per heavy atom. The third-order valence-electron chi connectivity index (χ3n) is 4.60. The second-order valence-corrected chi connectivity index (χ2v) is 6.63. The van der Waals surface area contributed by atoms with Crippen molar-refractivity contribution < 1.29 is 4.74 Å². The smallest absolute Gasteiger partial charge is 0.127 e. The largest absolute Gasteiger partial charge is 0.490 e. The second-order valence-electron chi connectivity index (χ2n) is 6.63. The van der Waals surface area contributed by atoms with Crippen molar-refractivity contribution in [2.75, 3.05) is 37.6 Å². The second kappa shape index (κ2) is 7.71. The SMILES string of the molecule is CCN1CCN(c2ccc(OC(C)C)c(-c3ccccc3)c2)CC1. The maximum atomic E-state index is 6.05. The summed E-state index contributed by atoms with van der Waals surface area (Å²) in [5.41, 5.74) is 3.68. The summed E-state index contributed by atoms with van der Waals surface area (Å²) in [5.74, 6) is 0.965. The first-order valence-corrected chi connectivity index (χ1v) is 9.01. The van der Waals surface area contributed by atoms with Crippen LogP contribution in [0.15, 0.2) is 48.5 Å². The molecule has 0 aliphatic carbocycles. The van der Waals surface area contributed by atoms with E-state index in [2.05, 4.69) is 79.1 Å². The molecule has 1 heterocycles. The fraction of sp³-hybridized carbons (Fsp3) is 0.429. The highest BCUT2D eigenvalue weighted by atomic mass is 16.5. The van der Waals surface area contributed by atoms with Gasteiger partial charge in [-0.3, -0.25) is 0 Å². The maximum absolute atomic E-state index is 6.05. The predicted molar refractivity (Wildman–Crippen MR) is 102 cm³/mol. The third-order valence-corrected chi connectivity index (χ3v) is 4.60. The minimum absolute atomic E-state index is 0.173. The Kier molecular flexibility index (Phi) is 5.41. The molecule has 0 unspecified atom stereocenters. The van der Waals surface area contributed by atoms with Crippen molar-refractivity contribution in [2.24, 2.45) is 0 Å². The first kappa shape index (κ1) is 16.8. The van der Waals surface area contributed by atoms with E-state index >= 15 is 0 Å². The Morgan fingerprint density at radius 1 is 0.958 bits per heavy atom. The van der Waals surface area contributed by atoms with Crippen LogP contribution in [0, 0.1) is 0 Å². The molecule has 0 spiro atoms. The van der Waals surface area contributed by atoms with Crippen LogP contribution in [-0.4, -0.2) is 43.7 Å². The molecule has 0 aromatic heterocycles. The van der Waals surface area contributed by atoms with E-state index in [1.807, 2.05) is 0 Å². The number of hydrogen-bond acceptors (Lipinski definition) is 3. The van der Waals surface area contributed by atoms with Gasteiger partial charge in [0.15, 0.2) is 0 Å². The van der Waals surface area contributed by atoms with Gasteiger partial charge in [0, 0.05) is 37.4 Å². The zero-order valence-electron chi connectivity index (χ0n) is 15.0. The highest BCUT2D eigenvalue weighted by molar-refractivity contribution is 5.75. The van der Waals surface area contributed by atoms with Crippen LogP contribution in [0.25, 0.3) is 11.1 Å². The Labute approximate surface area is 145 Å². The zero-order valence-corrected chi connectivity index (χ0v) is 15.0. The molecule has 1 fully saturated rings. The highest BCUT2D eigenvalue weighted by Gasteiger charge is 2.18. The van der Waals surface area contributed by atoms with Gasteiger partial charge in [0.25, 0.3) is 0 Å². The van der Waals surface area contributed by atoms with E-state index < -0.39 is 0 Å². The normalized spacial score (nSPS) is 15.8. The van der Waals surface area contributed by atoms with Crippen LogP contribution in [0.2, 0.25) is 0 Å². The van der Waals surface area contributed by atoms with Gasteiger partial charge in [-0.2, -0.15) is 0 Å². The average molecular weight is 324 g/mol. The molecule has 1 aliphatic heterocycles. The van der Waals surface area contributed by atoms with Gasteiger partial charge in [-0.15, -0.1) is 0 Å². The Hall–Kier alpha value is -2.00. The van der Waals surface area contributed by atoms with Crippen LogP contribution in [0.4, 0.5) is 5.69 Å². The topological polar surface area (TPSA) is 15.7 Å². The van der Waals surface area contributed by atoms with E-state index in [0.717, 1.165) is 38.5 Å².